The summed E-state index contributed by atoms with van der Waals surface area (Å²) in [5.41, 5.74) is 14.8. The average Bonchev–Trinajstić information content (AvgIpc) is 1.58. The summed E-state index contributed by atoms with van der Waals surface area (Å²) in [6.45, 7) is 25.2. The molecule has 5 aromatic heterocycles. The first-order chi connectivity index (χ1) is 41.0. The number of nitrogens with zero attached hydrogens (tertiary/aromatic N) is 11. The Morgan fingerprint density at radius 1 is 0.586 bits per heavy atom. The summed E-state index contributed by atoms with van der Waals surface area (Å²) in [7, 11) is 0. The van der Waals surface area contributed by atoms with Gasteiger partial charge in [-0.2, -0.15) is 13.2 Å². The number of benzene rings is 2. The summed E-state index contributed by atoms with van der Waals surface area (Å²) in [4.78, 5) is 98.2. The highest BCUT2D eigenvalue weighted by Crippen LogP contribution is 2.34. The molecular weight excluding hydrogens is 1200 g/mol. The van der Waals surface area contributed by atoms with Gasteiger partial charge in [0.05, 0.1) is 103 Å². The molecule has 0 aliphatic carbocycles. The number of rotatable bonds is 14. The van der Waals surface area contributed by atoms with Gasteiger partial charge in [0, 0.05) is 49.6 Å². The average molecular weight is 1270 g/mol. The van der Waals surface area contributed by atoms with Crippen LogP contribution in [0.4, 0.5) is 58.4 Å². The minimum Gasteiger partial charge on any atom is -0.444 e. The van der Waals surface area contributed by atoms with Crippen LogP contribution in [0.3, 0.4) is 0 Å². The van der Waals surface area contributed by atoms with E-state index in [2.05, 4.69) is 97.7 Å². The van der Waals surface area contributed by atoms with Crippen LogP contribution < -0.4 is 43.4 Å². The van der Waals surface area contributed by atoms with Crippen LogP contribution in [0.15, 0.2) is 98.4 Å². The minimum atomic E-state index is -4.58. The number of nitrogens with one attached hydrogen (secondary N) is 6. The molecule has 0 saturated heterocycles. The molecular formula is C58H77BrF3N19O6. The van der Waals surface area contributed by atoms with Crippen LogP contribution in [0.25, 0.3) is 0 Å². The first-order valence-electron chi connectivity index (χ1n) is 26.9. The molecule has 10 N–H and O–H groups in total. The van der Waals surface area contributed by atoms with E-state index in [-0.39, 0.29) is 35.4 Å². The van der Waals surface area contributed by atoms with Gasteiger partial charge < -0.3 is 42.8 Å². The fraction of sp³-hybridized carbons (Fsp3) is 0.362. The van der Waals surface area contributed by atoms with Gasteiger partial charge in [-0.3, -0.25) is 54.3 Å². The SMILES string of the molecule is CC(=O)Nc1cnc(C)cn1.CC(=O)Nc1cnc(CBr)cn1.CCN.CCN(CC)Cc1ccc(C(=O)Nc2ccc(C)c(NCc3cnc(NC(C)=O)cn3)c2)cc1C(F)(F)F.Cc1cnc(N)cn1.Cc1cnc(NC(=O)OC(C)(C)C)cn1. The van der Waals surface area contributed by atoms with E-state index >= 15 is 0 Å². The van der Waals surface area contributed by atoms with Gasteiger partial charge in [0.25, 0.3) is 5.91 Å². The predicted octanol–water partition coefficient (Wildman–Crippen LogP) is 10.0. The number of hydrogen-bond acceptors (Lipinski definition) is 20. The maximum absolute atomic E-state index is 13.8. The second kappa shape index (κ2) is 38.0. The molecule has 87 heavy (non-hydrogen) atoms. The van der Waals surface area contributed by atoms with Gasteiger partial charge >= 0.3 is 12.3 Å². The van der Waals surface area contributed by atoms with E-state index < -0.39 is 29.3 Å². The lowest BCUT2D eigenvalue weighted by Gasteiger charge is -2.21. The number of aromatic nitrogens is 10. The van der Waals surface area contributed by atoms with Gasteiger partial charge in [-0.1, -0.05) is 48.8 Å². The van der Waals surface area contributed by atoms with Crippen molar-refractivity contribution in [3.05, 3.63) is 149 Å². The van der Waals surface area contributed by atoms with E-state index in [1.54, 1.807) is 63.8 Å². The number of halogens is 4. The molecule has 5 amide bonds. The fourth-order valence-electron chi connectivity index (χ4n) is 6.35. The summed E-state index contributed by atoms with van der Waals surface area (Å²) >= 11 is 3.24. The molecule has 0 unspecified atom stereocenters. The van der Waals surface area contributed by atoms with E-state index in [9.17, 15) is 37.1 Å². The fourth-order valence-corrected chi connectivity index (χ4v) is 6.64. The van der Waals surface area contributed by atoms with Crippen molar-refractivity contribution in [1.29, 1.82) is 0 Å². The lowest BCUT2D eigenvalue weighted by Crippen LogP contribution is -2.27. The molecule has 29 heteroatoms. The molecule has 2 aromatic carbocycles. The Bertz CT molecular complexity index is 3210. The van der Waals surface area contributed by atoms with Gasteiger partial charge in [-0.05, 0) is 103 Å². The molecule has 0 atom stereocenters. The smallest absolute Gasteiger partial charge is 0.416 e. The second-order valence-electron chi connectivity index (χ2n) is 19.3. The van der Waals surface area contributed by atoms with E-state index in [1.165, 1.54) is 70.1 Å². The van der Waals surface area contributed by atoms with Crippen LogP contribution in [0.5, 0.6) is 0 Å². The topological polar surface area (TPSA) is 351 Å². The predicted molar refractivity (Wildman–Crippen MR) is 333 cm³/mol. The molecule has 468 valence electrons. The number of carbonyl (C=O) groups is 5. The van der Waals surface area contributed by atoms with Crippen LogP contribution in [0, 0.1) is 27.7 Å². The van der Waals surface area contributed by atoms with E-state index in [1.807, 2.05) is 53.4 Å². The van der Waals surface area contributed by atoms with Crippen molar-refractivity contribution < 1.29 is 41.9 Å². The van der Waals surface area contributed by atoms with Crippen molar-refractivity contribution in [1.82, 2.24) is 54.7 Å². The van der Waals surface area contributed by atoms with Crippen LogP contribution in [0.2, 0.25) is 0 Å². The molecule has 0 fully saturated rings. The van der Waals surface area contributed by atoms with Gasteiger partial charge in [0.15, 0.2) is 23.3 Å². The number of aryl methyl sites for hydroxylation is 4. The highest BCUT2D eigenvalue weighted by Gasteiger charge is 2.34. The van der Waals surface area contributed by atoms with Crippen molar-refractivity contribution in [2.75, 3.05) is 57.3 Å². The molecule has 0 bridgehead atoms. The van der Waals surface area contributed by atoms with Crippen LogP contribution in [-0.4, -0.2) is 110 Å². The van der Waals surface area contributed by atoms with Crippen LogP contribution in [-0.2, 0) is 43.7 Å². The Kier molecular flexibility index (Phi) is 32.2. The molecule has 0 saturated carbocycles. The number of carbonyl (C=O) groups excluding carboxylic acids is 5. The summed E-state index contributed by atoms with van der Waals surface area (Å²) < 4.78 is 46.4. The number of nitrogens with two attached hydrogens (primary N) is 2. The number of amides is 5. The summed E-state index contributed by atoms with van der Waals surface area (Å²) in [6.07, 6.45) is 10.4. The lowest BCUT2D eigenvalue weighted by atomic mass is 10.0. The third-order valence-electron chi connectivity index (χ3n) is 10.4. The third-order valence-corrected chi connectivity index (χ3v) is 10.9. The Balaban J connectivity index is 0.000000427. The zero-order valence-corrected chi connectivity index (χ0v) is 52.6. The quantitative estimate of drug-likeness (QED) is 0.0469. The zero-order valence-electron chi connectivity index (χ0n) is 51.0. The first kappa shape index (κ1) is 73.9. The van der Waals surface area contributed by atoms with E-state index in [0.29, 0.717) is 71.1 Å². The second-order valence-corrected chi connectivity index (χ2v) is 19.9. The van der Waals surface area contributed by atoms with Crippen molar-refractivity contribution in [3.8, 4) is 0 Å². The van der Waals surface area contributed by atoms with Crippen molar-refractivity contribution in [2.45, 2.75) is 120 Å². The Morgan fingerprint density at radius 2 is 1.05 bits per heavy atom. The Hall–Kier alpha value is -9.22. The monoisotopic (exact) mass is 1270 g/mol. The van der Waals surface area contributed by atoms with Gasteiger partial charge in [0.1, 0.15) is 11.4 Å². The third kappa shape index (κ3) is 31.5. The van der Waals surface area contributed by atoms with Crippen molar-refractivity contribution in [3.63, 3.8) is 0 Å². The standard InChI is InChI=1S/C27H31F3N6O2.C10H15N3O2.C7H8BrN3O.C7H9N3O.C5H7N3.C2H7N/c1-5-36(6-2)16-20-9-8-19(11-23(20)27(28,29)30)26(38)35-21-10-7-17(3)24(12-21)32-13-22-14-33-25(15-31-22)34-18(4)37;1-7-5-12-8(6-11-7)13-9(14)15-10(2,3)4;1-5(12)11-7-4-9-6(2-8)3-10-7;1-5-3-9-7(4-8-5)10-6(2)11;1-4-2-8-5(6)3-7-4;1-2-3/h7-12,14-15,32H,5-6,13,16H2,1-4H3,(H,35,38)(H,33,34,37);5-6H,1-4H3,(H,12,13,14);3-4H,2H2,1H3,(H,10,11,12);3-4H,1-2H3,(H,9,10,11);2-3H,1H3,(H2,6,8);2-3H2,1H3. The van der Waals surface area contributed by atoms with Gasteiger partial charge in [-0.15, -0.1) is 0 Å². The summed E-state index contributed by atoms with van der Waals surface area (Å²) in [6, 6.07) is 8.87. The normalized spacial score (nSPS) is 10.4. The number of nitrogen functional groups attached to an aromatic ring is 1. The molecule has 0 radical (unpaired) electrons. The van der Waals surface area contributed by atoms with E-state index in [4.69, 9.17) is 16.2 Å². The van der Waals surface area contributed by atoms with Crippen molar-refractivity contribution >= 4 is 86.1 Å². The summed E-state index contributed by atoms with van der Waals surface area (Å²) in [5, 5.41) is 16.7. The van der Waals surface area contributed by atoms with Crippen LogP contribution >= 0.6 is 15.9 Å². The number of alkyl halides is 4. The summed E-state index contributed by atoms with van der Waals surface area (Å²) in [5.74, 6) is 1.00. The number of hydrogen-bond donors (Lipinski definition) is 8. The largest absolute Gasteiger partial charge is 0.444 e. The molecule has 0 aliphatic heterocycles. The highest BCUT2D eigenvalue weighted by atomic mass is 79.9. The van der Waals surface area contributed by atoms with Gasteiger partial charge in [0.2, 0.25) is 17.7 Å². The molecule has 7 rings (SSSR count). The minimum absolute atomic E-state index is 0.0785. The highest BCUT2D eigenvalue weighted by molar-refractivity contribution is 9.08. The Morgan fingerprint density at radius 3 is 1.44 bits per heavy atom. The van der Waals surface area contributed by atoms with Gasteiger partial charge in [-0.25, -0.2) is 29.7 Å². The lowest BCUT2D eigenvalue weighted by molar-refractivity contribution is -0.138. The number of ether oxygens (including phenoxy) is 1. The molecule has 25 nitrogen and oxygen atoms in total. The first-order valence-corrected chi connectivity index (χ1v) is 28.0. The molecule has 0 spiro atoms. The Labute approximate surface area is 513 Å². The number of anilines is 7. The molecule has 7 aromatic rings. The molecule has 0 aliphatic rings. The zero-order chi connectivity index (χ0) is 65.3. The van der Waals surface area contributed by atoms with Crippen LogP contribution in [0.1, 0.15) is 118 Å². The van der Waals surface area contributed by atoms with Crippen molar-refractivity contribution in [2.24, 2.45) is 5.73 Å². The maximum atomic E-state index is 13.8. The maximum Gasteiger partial charge on any atom is 0.416 e. The molecule has 5 heterocycles. The van der Waals surface area contributed by atoms with E-state index in [0.717, 1.165) is 41.0 Å².